The van der Waals surface area contributed by atoms with Crippen molar-refractivity contribution in [2.75, 3.05) is 22.8 Å². The zero-order chi connectivity index (χ0) is 28.7. The molecule has 5 rings (SSSR count). The summed E-state index contributed by atoms with van der Waals surface area (Å²) in [6.07, 6.45) is 8.06. The van der Waals surface area contributed by atoms with Crippen molar-refractivity contribution in [3.05, 3.63) is 97.0 Å². The molecule has 2 aromatic carbocycles. The molecule has 0 bridgehead atoms. The number of benzene rings is 2. The lowest BCUT2D eigenvalue weighted by atomic mass is 10.1. The van der Waals surface area contributed by atoms with E-state index in [9.17, 15) is 0 Å². The van der Waals surface area contributed by atoms with Crippen LogP contribution in [-0.2, 0) is 6.42 Å². The summed E-state index contributed by atoms with van der Waals surface area (Å²) in [4.78, 5) is 18.7. The second-order valence-electron chi connectivity index (χ2n) is 8.41. The highest BCUT2D eigenvalue weighted by molar-refractivity contribution is 7.99. The van der Waals surface area contributed by atoms with Crippen LogP contribution in [0.3, 0.4) is 0 Å². The van der Waals surface area contributed by atoms with Gasteiger partial charge in [0.15, 0.2) is 5.82 Å². The van der Waals surface area contributed by atoms with Gasteiger partial charge in [0.05, 0.1) is 5.69 Å². The van der Waals surface area contributed by atoms with Crippen LogP contribution in [0.4, 0.5) is 11.5 Å². The summed E-state index contributed by atoms with van der Waals surface area (Å²) >= 11 is 1.55. The first-order valence-electron chi connectivity index (χ1n) is 13.7. The number of hydrogen-bond acceptors (Lipinski definition) is 8. The van der Waals surface area contributed by atoms with E-state index in [1.165, 1.54) is 5.56 Å². The monoisotopic (exact) mass is 553 g/mol. The van der Waals surface area contributed by atoms with Gasteiger partial charge in [0.1, 0.15) is 11.3 Å². The van der Waals surface area contributed by atoms with Gasteiger partial charge >= 0.3 is 0 Å². The molecule has 0 spiro atoms. The summed E-state index contributed by atoms with van der Waals surface area (Å²) in [7, 11) is 0. The molecule has 4 N–H and O–H groups in total. The van der Waals surface area contributed by atoms with E-state index in [-0.39, 0.29) is 6.04 Å². The molecule has 8 heteroatoms. The van der Waals surface area contributed by atoms with Crippen molar-refractivity contribution in [1.82, 2.24) is 19.9 Å². The largest absolute Gasteiger partial charge is 0.368 e. The molecule has 208 valence electrons. The molecular formula is C32H39N7S. The van der Waals surface area contributed by atoms with Gasteiger partial charge in [-0.3, -0.25) is 9.97 Å². The molecule has 0 fully saturated rings. The van der Waals surface area contributed by atoms with Crippen LogP contribution in [0, 0.1) is 0 Å². The number of aromatic nitrogens is 4. The molecular weight excluding hydrogens is 514 g/mol. The third kappa shape index (κ3) is 8.00. The zero-order valence-corrected chi connectivity index (χ0v) is 24.7. The highest BCUT2D eigenvalue weighted by atomic mass is 32.2. The van der Waals surface area contributed by atoms with Crippen LogP contribution >= 0.6 is 11.9 Å². The van der Waals surface area contributed by atoms with Crippen LogP contribution < -0.4 is 15.8 Å². The molecule has 40 heavy (non-hydrogen) atoms. The fourth-order valence-corrected chi connectivity index (χ4v) is 4.46. The minimum atomic E-state index is -0.0719. The summed E-state index contributed by atoms with van der Waals surface area (Å²) in [6, 6.07) is 24.1. The number of rotatable bonds is 9. The summed E-state index contributed by atoms with van der Waals surface area (Å²) in [5, 5.41) is 4.39. The van der Waals surface area contributed by atoms with E-state index in [0.717, 1.165) is 45.6 Å². The molecule has 7 nitrogen and oxygen atoms in total. The van der Waals surface area contributed by atoms with Crippen molar-refractivity contribution in [2.45, 2.75) is 40.2 Å². The van der Waals surface area contributed by atoms with Crippen LogP contribution in [0.15, 0.2) is 91.4 Å². The molecule has 1 unspecified atom stereocenters. The van der Waals surface area contributed by atoms with E-state index in [1.54, 1.807) is 30.5 Å². The van der Waals surface area contributed by atoms with Gasteiger partial charge in [-0.1, -0.05) is 82.1 Å². The Kier molecular flexibility index (Phi) is 12.3. The number of anilines is 2. The third-order valence-electron chi connectivity index (χ3n) is 5.78. The van der Waals surface area contributed by atoms with Crippen molar-refractivity contribution in [2.24, 2.45) is 5.73 Å². The molecule has 0 saturated heterocycles. The Morgan fingerprint density at radius 3 is 2.30 bits per heavy atom. The normalized spacial score (nSPS) is 10.9. The maximum atomic E-state index is 6.48. The van der Waals surface area contributed by atoms with Crippen molar-refractivity contribution >= 4 is 34.4 Å². The van der Waals surface area contributed by atoms with E-state index in [1.807, 2.05) is 88.5 Å². The van der Waals surface area contributed by atoms with Gasteiger partial charge in [-0.15, -0.1) is 0 Å². The Hall–Kier alpha value is -4.01. The lowest BCUT2D eigenvalue weighted by molar-refractivity contribution is 0.698. The topological polar surface area (TPSA) is 102 Å². The third-order valence-corrected chi connectivity index (χ3v) is 6.22. The van der Waals surface area contributed by atoms with Crippen LogP contribution in [0.25, 0.3) is 33.5 Å². The predicted molar refractivity (Wildman–Crippen MR) is 172 cm³/mol. The van der Waals surface area contributed by atoms with E-state index >= 15 is 0 Å². The van der Waals surface area contributed by atoms with Crippen molar-refractivity contribution < 1.29 is 0 Å². The average Bonchev–Trinajstić information content (AvgIpc) is 3.02. The van der Waals surface area contributed by atoms with E-state index < -0.39 is 0 Å². The Balaban J connectivity index is 0.00000106. The van der Waals surface area contributed by atoms with Crippen LogP contribution in [0.5, 0.6) is 0 Å². The van der Waals surface area contributed by atoms with Crippen LogP contribution in [-0.4, -0.2) is 38.8 Å². The second kappa shape index (κ2) is 16.2. The Morgan fingerprint density at radius 1 is 0.825 bits per heavy atom. The summed E-state index contributed by atoms with van der Waals surface area (Å²) in [5.41, 5.74) is 12.1. The van der Waals surface area contributed by atoms with Crippen molar-refractivity contribution in [3.8, 4) is 22.6 Å². The molecule has 0 radical (unpaired) electrons. The second-order valence-corrected chi connectivity index (χ2v) is 9.02. The first-order valence-corrected chi connectivity index (χ1v) is 14.9. The molecule has 3 heterocycles. The Morgan fingerprint density at radius 2 is 1.57 bits per heavy atom. The number of nitrogens with zero attached hydrogens (tertiary/aromatic N) is 4. The predicted octanol–water partition coefficient (Wildman–Crippen LogP) is 7.48. The lowest BCUT2D eigenvalue weighted by Crippen LogP contribution is -2.31. The molecule has 5 aromatic rings. The quantitative estimate of drug-likeness (QED) is 0.162. The van der Waals surface area contributed by atoms with Gasteiger partial charge in [-0.25, -0.2) is 9.97 Å². The fraction of sp³-hybridized carbons (Fsp3) is 0.250. The minimum Gasteiger partial charge on any atom is -0.368 e. The molecule has 1 atom stereocenters. The van der Waals surface area contributed by atoms with Crippen molar-refractivity contribution in [3.63, 3.8) is 0 Å². The van der Waals surface area contributed by atoms with Gasteiger partial charge in [0.25, 0.3) is 0 Å². The number of nitrogens with two attached hydrogens (primary N) is 1. The highest BCUT2D eigenvalue weighted by Crippen LogP contribution is 2.32. The molecule has 3 aromatic heterocycles. The van der Waals surface area contributed by atoms with E-state index in [4.69, 9.17) is 20.7 Å². The fourth-order valence-electron chi connectivity index (χ4n) is 4.10. The first kappa shape index (κ1) is 30.5. The zero-order valence-electron chi connectivity index (χ0n) is 23.9. The molecule has 0 saturated carbocycles. The van der Waals surface area contributed by atoms with E-state index in [0.29, 0.717) is 12.4 Å². The number of pyridine rings is 2. The Labute approximate surface area is 242 Å². The molecule has 0 amide bonds. The molecule has 0 aliphatic rings. The number of fused-ring (bicyclic) bond motifs is 1. The number of nitrogens with one attached hydrogen (secondary N) is 2. The average molecular weight is 554 g/mol. The summed E-state index contributed by atoms with van der Waals surface area (Å²) in [5.74, 6) is 1.34. The number of hydrogen-bond donors (Lipinski definition) is 3. The summed E-state index contributed by atoms with van der Waals surface area (Å²) < 4.78 is 3.29. The minimum absolute atomic E-state index is 0.0719. The standard InChI is InChI=1S/C28H27N7S.2C2H6/c1-36-35-23-9-5-8-21(17-23)25-26-24(12-15-31-25)28(34-27(33-26)20-10-13-30-14-11-20)32-18-22(29)16-19-6-3-2-4-7-19;2*1-2/h2-15,17,22,35H,16,18,29H2,1H3,(H,32,33,34);2*1-2H3. The SMILES string of the molecule is CC.CC.CSNc1cccc(-c2nccc3c(NCC(N)Cc4ccccc4)nc(-c4ccncc4)nc23)c1. The highest BCUT2D eigenvalue weighted by Gasteiger charge is 2.16. The van der Waals surface area contributed by atoms with Gasteiger partial charge < -0.3 is 15.8 Å². The van der Waals surface area contributed by atoms with Gasteiger partial charge in [-0.2, -0.15) is 0 Å². The van der Waals surface area contributed by atoms with Crippen LogP contribution in [0.1, 0.15) is 33.3 Å². The lowest BCUT2D eigenvalue weighted by Gasteiger charge is -2.16. The Bertz CT molecular complexity index is 1450. The van der Waals surface area contributed by atoms with Crippen LogP contribution in [0.2, 0.25) is 0 Å². The molecule has 0 aliphatic heterocycles. The maximum Gasteiger partial charge on any atom is 0.162 e. The first-order chi connectivity index (χ1) is 19.7. The van der Waals surface area contributed by atoms with Gasteiger partial charge in [0.2, 0.25) is 0 Å². The van der Waals surface area contributed by atoms with Gasteiger partial charge in [-0.05, 0) is 42.3 Å². The molecule has 0 aliphatic carbocycles. The summed E-state index contributed by atoms with van der Waals surface area (Å²) in [6.45, 7) is 8.57. The maximum absolute atomic E-state index is 6.48. The smallest absolute Gasteiger partial charge is 0.162 e. The van der Waals surface area contributed by atoms with E-state index in [2.05, 4.69) is 33.2 Å². The van der Waals surface area contributed by atoms with Gasteiger partial charge in [0, 0.05) is 59.6 Å². The van der Waals surface area contributed by atoms with Crippen molar-refractivity contribution in [1.29, 1.82) is 0 Å².